The Morgan fingerprint density at radius 2 is 2.00 bits per heavy atom. The van der Waals surface area contributed by atoms with E-state index in [1.165, 1.54) is 5.56 Å². The highest BCUT2D eigenvalue weighted by Crippen LogP contribution is 2.30. The number of aryl methyl sites for hydroxylation is 1. The summed E-state index contributed by atoms with van der Waals surface area (Å²) in [6, 6.07) is 16.0. The average Bonchev–Trinajstić information content (AvgIpc) is 3.42. The highest BCUT2D eigenvalue weighted by atomic mass is 16.2. The van der Waals surface area contributed by atoms with Crippen LogP contribution in [0.15, 0.2) is 54.7 Å². The molecule has 1 atom stereocenters. The Morgan fingerprint density at radius 3 is 2.83 bits per heavy atom. The smallest absolute Gasteiger partial charge is 0.257 e. The van der Waals surface area contributed by atoms with Crippen molar-refractivity contribution in [2.45, 2.75) is 25.7 Å². The summed E-state index contributed by atoms with van der Waals surface area (Å²) in [5.74, 6) is 1.21. The Hall–Kier alpha value is -3.41. The second-order valence-electron chi connectivity index (χ2n) is 7.71. The van der Waals surface area contributed by atoms with E-state index >= 15 is 0 Å². The van der Waals surface area contributed by atoms with Gasteiger partial charge in [0.1, 0.15) is 5.82 Å². The summed E-state index contributed by atoms with van der Waals surface area (Å²) in [6.07, 6.45) is 3.63. The maximum Gasteiger partial charge on any atom is 0.257 e. The third kappa shape index (κ3) is 3.20. The second-order valence-corrected chi connectivity index (χ2v) is 7.71. The first-order valence-corrected chi connectivity index (χ1v) is 10.0. The molecule has 4 aromatic rings. The van der Waals surface area contributed by atoms with Gasteiger partial charge in [-0.2, -0.15) is 5.10 Å². The number of benzene rings is 2. The first-order chi connectivity index (χ1) is 14.2. The lowest BCUT2D eigenvalue weighted by atomic mass is 9.96. The van der Waals surface area contributed by atoms with Crippen LogP contribution in [0.2, 0.25) is 0 Å². The molecule has 1 saturated heterocycles. The molecule has 1 aliphatic rings. The number of likely N-dealkylation sites (tertiary alicyclic amines) is 1. The van der Waals surface area contributed by atoms with Crippen LogP contribution in [-0.4, -0.2) is 44.1 Å². The lowest BCUT2D eigenvalue weighted by Crippen LogP contribution is -2.39. The summed E-state index contributed by atoms with van der Waals surface area (Å²) in [7, 11) is 0. The van der Waals surface area contributed by atoms with Gasteiger partial charge in [0.2, 0.25) is 0 Å². The van der Waals surface area contributed by atoms with Crippen LogP contribution in [0, 0.1) is 6.92 Å². The van der Waals surface area contributed by atoms with Crippen molar-refractivity contribution >= 4 is 16.9 Å². The highest BCUT2D eigenvalue weighted by molar-refractivity contribution is 5.99. The molecule has 2 aromatic carbocycles. The topological polar surface area (TPSA) is 77.7 Å². The lowest BCUT2D eigenvalue weighted by molar-refractivity contribution is 0.0706. The number of imidazole rings is 1. The Labute approximate surface area is 169 Å². The quantitative estimate of drug-likeness (QED) is 0.552. The van der Waals surface area contributed by atoms with Gasteiger partial charge in [0.25, 0.3) is 5.91 Å². The van der Waals surface area contributed by atoms with Gasteiger partial charge in [-0.25, -0.2) is 4.98 Å². The average molecular weight is 385 g/mol. The number of H-pyrrole nitrogens is 2. The molecule has 0 spiro atoms. The normalized spacial score (nSPS) is 17.0. The van der Waals surface area contributed by atoms with Gasteiger partial charge in [-0.1, -0.05) is 42.5 Å². The minimum atomic E-state index is 0.0228. The molecular formula is C23H23N5O. The lowest BCUT2D eigenvalue weighted by Gasteiger charge is -2.31. The number of piperidine rings is 1. The first kappa shape index (κ1) is 17.7. The fourth-order valence-corrected chi connectivity index (χ4v) is 4.22. The summed E-state index contributed by atoms with van der Waals surface area (Å²) >= 11 is 0. The molecule has 0 radical (unpaired) electrons. The van der Waals surface area contributed by atoms with Crippen LogP contribution in [0.5, 0.6) is 0 Å². The monoisotopic (exact) mass is 385 g/mol. The minimum absolute atomic E-state index is 0.0228. The van der Waals surface area contributed by atoms with Gasteiger partial charge >= 0.3 is 0 Å². The number of aromatic amines is 2. The zero-order chi connectivity index (χ0) is 19.8. The summed E-state index contributed by atoms with van der Waals surface area (Å²) in [5, 5.41) is 7.13. The highest BCUT2D eigenvalue weighted by Gasteiger charge is 2.29. The van der Waals surface area contributed by atoms with Gasteiger partial charge in [-0.05, 0) is 31.4 Å². The molecule has 2 aromatic heterocycles. The van der Waals surface area contributed by atoms with Crippen LogP contribution in [-0.2, 0) is 0 Å². The van der Waals surface area contributed by atoms with E-state index < -0.39 is 0 Å². The largest absolute Gasteiger partial charge is 0.342 e. The molecule has 0 aliphatic carbocycles. The van der Waals surface area contributed by atoms with E-state index in [1.54, 1.807) is 6.20 Å². The number of aromatic nitrogens is 4. The number of para-hydroxylation sites is 1. The zero-order valence-corrected chi connectivity index (χ0v) is 16.4. The van der Waals surface area contributed by atoms with Gasteiger partial charge in [-0.3, -0.25) is 9.89 Å². The van der Waals surface area contributed by atoms with Crippen molar-refractivity contribution in [2.24, 2.45) is 0 Å². The summed E-state index contributed by atoms with van der Waals surface area (Å²) in [4.78, 5) is 23.5. The Bertz CT molecular complexity index is 1160. The van der Waals surface area contributed by atoms with E-state index in [0.717, 1.165) is 47.5 Å². The van der Waals surface area contributed by atoms with Crippen molar-refractivity contribution < 1.29 is 4.79 Å². The maximum atomic E-state index is 13.3. The van der Waals surface area contributed by atoms with E-state index in [1.807, 2.05) is 41.3 Å². The van der Waals surface area contributed by atoms with E-state index in [9.17, 15) is 4.79 Å². The molecule has 1 fully saturated rings. The van der Waals surface area contributed by atoms with Crippen LogP contribution < -0.4 is 0 Å². The number of hydrogen-bond acceptors (Lipinski definition) is 3. The molecule has 3 heterocycles. The fraction of sp³-hybridized carbons (Fsp3) is 0.261. The molecule has 2 N–H and O–H groups in total. The van der Waals surface area contributed by atoms with Crippen LogP contribution in [0.3, 0.4) is 0 Å². The summed E-state index contributed by atoms with van der Waals surface area (Å²) in [5.41, 5.74) is 5.61. The van der Waals surface area contributed by atoms with Gasteiger partial charge in [-0.15, -0.1) is 0 Å². The molecule has 6 nitrogen and oxygen atoms in total. The predicted octanol–water partition coefficient (Wildman–Crippen LogP) is 4.28. The SMILES string of the molecule is Cc1cccc2[nH]c([C@@H]3CCCN(C(=O)c4cn[nH]c4-c4ccccc4)C3)nc12. The number of carbonyl (C=O) groups excluding carboxylic acids is 1. The Kier molecular flexibility index (Phi) is 4.39. The minimum Gasteiger partial charge on any atom is -0.342 e. The first-order valence-electron chi connectivity index (χ1n) is 10.0. The van der Waals surface area contributed by atoms with Crippen molar-refractivity contribution in [2.75, 3.05) is 13.1 Å². The zero-order valence-electron chi connectivity index (χ0n) is 16.4. The molecule has 146 valence electrons. The molecule has 0 saturated carbocycles. The Morgan fingerprint density at radius 1 is 1.14 bits per heavy atom. The molecular weight excluding hydrogens is 362 g/mol. The number of nitrogens with zero attached hydrogens (tertiary/aromatic N) is 3. The molecule has 0 bridgehead atoms. The van der Waals surface area contributed by atoms with Crippen LogP contribution in [0.1, 0.15) is 40.5 Å². The molecule has 0 unspecified atom stereocenters. The van der Waals surface area contributed by atoms with Crippen LogP contribution >= 0.6 is 0 Å². The number of fused-ring (bicyclic) bond motifs is 1. The van der Waals surface area contributed by atoms with Crippen molar-refractivity contribution in [3.63, 3.8) is 0 Å². The molecule has 5 rings (SSSR count). The van der Waals surface area contributed by atoms with Crippen molar-refractivity contribution in [1.82, 2.24) is 25.1 Å². The molecule has 1 aliphatic heterocycles. The van der Waals surface area contributed by atoms with E-state index in [-0.39, 0.29) is 11.8 Å². The second kappa shape index (κ2) is 7.20. The molecule has 6 heteroatoms. The van der Waals surface area contributed by atoms with Gasteiger partial charge < -0.3 is 9.88 Å². The van der Waals surface area contributed by atoms with E-state index in [0.29, 0.717) is 12.1 Å². The number of nitrogens with one attached hydrogen (secondary N) is 2. The number of carbonyl (C=O) groups is 1. The van der Waals surface area contributed by atoms with Gasteiger partial charge in [0.15, 0.2) is 0 Å². The summed E-state index contributed by atoms with van der Waals surface area (Å²) in [6.45, 7) is 3.50. The Balaban J connectivity index is 1.40. The third-order valence-corrected chi connectivity index (χ3v) is 5.76. The number of hydrogen-bond donors (Lipinski definition) is 2. The van der Waals surface area contributed by atoms with Crippen molar-refractivity contribution in [3.05, 3.63) is 71.7 Å². The van der Waals surface area contributed by atoms with Crippen molar-refractivity contribution in [1.29, 1.82) is 0 Å². The standard InChI is InChI=1S/C23H23N5O/c1-15-7-5-11-19-20(15)26-22(25-19)17-10-6-12-28(14-17)23(29)18-13-24-27-21(18)16-8-3-2-4-9-16/h2-5,7-9,11,13,17H,6,10,12,14H2,1H3,(H,24,27)(H,25,26)/t17-/m1/s1. The van der Waals surface area contributed by atoms with Crippen LogP contribution in [0.25, 0.3) is 22.3 Å². The van der Waals surface area contributed by atoms with E-state index in [4.69, 9.17) is 4.98 Å². The third-order valence-electron chi connectivity index (χ3n) is 5.76. The number of amides is 1. The van der Waals surface area contributed by atoms with Crippen molar-refractivity contribution in [3.8, 4) is 11.3 Å². The van der Waals surface area contributed by atoms with Crippen LogP contribution in [0.4, 0.5) is 0 Å². The summed E-state index contributed by atoms with van der Waals surface area (Å²) < 4.78 is 0. The molecule has 29 heavy (non-hydrogen) atoms. The van der Waals surface area contributed by atoms with Gasteiger partial charge in [0.05, 0.1) is 28.5 Å². The molecule has 1 amide bonds. The predicted molar refractivity (Wildman–Crippen MR) is 113 cm³/mol. The van der Waals surface area contributed by atoms with E-state index in [2.05, 4.69) is 34.2 Å². The van der Waals surface area contributed by atoms with Gasteiger partial charge in [0, 0.05) is 24.6 Å². The fourth-order valence-electron chi connectivity index (χ4n) is 4.22. The number of rotatable bonds is 3. The maximum absolute atomic E-state index is 13.3.